The Balaban J connectivity index is 1.70. The molecule has 0 aliphatic rings. The quantitative estimate of drug-likeness (QED) is 0.342. The van der Waals surface area contributed by atoms with Crippen LogP contribution in [0, 0.1) is 11.3 Å². The number of aromatic nitrogens is 1. The molecule has 4 rings (SSSR count). The first-order valence-corrected chi connectivity index (χ1v) is 10.5. The van der Waals surface area contributed by atoms with Gasteiger partial charge in [0.05, 0.1) is 25.0 Å². The van der Waals surface area contributed by atoms with Crippen LogP contribution in [-0.4, -0.2) is 18.7 Å². The lowest BCUT2D eigenvalue weighted by Crippen LogP contribution is -1.95. The largest absolute Gasteiger partial charge is 0.493 e. The molecule has 0 atom stereocenters. The van der Waals surface area contributed by atoms with Gasteiger partial charge in [-0.25, -0.2) is 4.98 Å². The Labute approximate surface area is 179 Å². The topological polar surface area (TPSA) is 55.1 Å². The number of allylic oxidation sites excluding steroid dienone is 1. The minimum atomic E-state index is 0.512. The van der Waals surface area contributed by atoms with E-state index in [-0.39, 0.29) is 0 Å². The second-order valence-corrected chi connectivity index (χ2v) is 7.44. The van der Waals surface area contributed by atoms with Gasteiger partial charge < -0.3 is 9.47 Å². The SMILES string of the molecule is CCOc1ccc(/C=C(\C#N)c2nc(-c3cccc4ccccc34)cs2)cc1OC. The zero-order chi connectivity index (χ0) is 20.9. The van der Waals surface area contributed by atoms with Crippen molar-refractivity contribution < 1.29 is 9.47 Å². The molecular weight excluding hydrogens is 392 g/mol. The number of benzene rings is 3. The fourth-order valence-corrected chi connectivity index (χ4v) is 4.11. The van der Waals surface area contributed by atoms with Gasteiger partial charge in [0.2, 0.25) is 0 Å². The summed E-state index contributed by atoms with van der Waals surface area (Å²) in [5.41, 5.74) is 3.30. The molecule has 5 heteroatoms. The van der Waals surface area contributed by atoms with Crippen LogP contribution in [0.15, 0.2) is 66.0 Å². The normalized spacial score (nSPS) is 11.3. The summed E-state index contributed by atoms with van der Waals surface area (Å²) in [7, 11) is 1.60. The maximum Gasteiger partial charge on any atom is 0.161 e. The molecule has 148 valence electrons. The van der Waals surface area contributed by atoms with Gasteiger partial charge in [0.15, 0.2) is 11.5 Å². The molecule has 0 bridgehead atoms. The highest BCUT2D eigenvalue weighted by atomic mass is 32.1. The van der Waals surface area contributed by atoms with Crippen LogP contribution in [0.5, 0.6) is 11.5 Å². The molecule has 4 nitrogen and oxygen atoms in total. The standard InChI is InChI=1S/C25H20N2O2S/c1-3-29-23-12-11-17(14-24(23)28-2)13-19(15-26)25-27-22(16-30-25)21-10-6-8-18-7-4-5-9-20(18)21/h4-14,16H,3H2,1-2H3/b19-13+. The number of thiazole rings is 1. The van der Waals surface area contributed by atoms with E-state index >= 15 is 0 Å². The highest BCUT2D eigenvalue weighted by Crippen LogP contribution is 2.33. The molecule has 0 amide bonds. The van der Waals surface area contributed by atoms with E-state index in [9.17, 15) is 5.26 Å². The van der Waals surface area contributed by atoms with Gasteiger partial charge in [0.1, 0.15) is 11.1 Å². The Hall–Kier alpha value is -3.62. The zero-order valence-corrected chi connectivity index (χ0v) is 17.6. The fourth-order valence-electron chi connectivity index (χ4n) is 3.33. The van der Waals surface area contributed by atoms with Gasteiger partial charge in [0, 0.05) is 10.9 Å². The van der Waals surface area contributed by atoms with E-state index in [4.69, 9.17) is 14.5 Å². The van der Waals surface area contributed by atoms with Crippen LogP contribution < -0.4 is 9.47 Å². The van der Waals surface area contributed by atoms with Crippen molar-refractivity contribution in [2.75, 3.05) is 13.7 Å². The first-order chi connectivity index (χ1) is 14.7. The van der Waals surface area contributed by atoms with Gasteiger partial charge in [0.25, 0.3) is 0 Å². The fraction of sp³-hybridized carbons (Fsp3) is 0.120. The molecule has 0 fully saturated rings. The summed E-state index contributed by atoms with van der Waals surface area (Å²) < 4.78 is 11.0. The van der Waals surface area contributed by atoms with Gasteiger partial charge >= 0.3 is 0 Å². The van der Waals surface area contributed by atoms with Gasteiger partial charge in [-0.1, -0.05) is 48.5 Å². The van der Waals surface area contributed by atoms with Crippen LogP contribution in [0.3, 0.4) is 0 Å². The van der Waals surface area contributed by atoms with Crippen molar-refractivity contribution in [3.05, 3.63) is 76.6 Å². The molecular formula is C25H20N2O2S. The lowest BCUT2D eigenvalue weighted by atomic mass is 10.0. The molecule has 0 spiro atoms. The van der Waals surface area contributed by atoms with Crippen LogP contribution in [0.25, 0.3) is 33.7 Å². The van der Waals surface area contributed by atoms with Crippen molar-refractivity contribution >= 4 is 33.8 Å². The molecule has 0 saturated carbocycles. The van der Waals surface area contributed by atoms with Gasteiger partial charge in [-0.2, -0.15) is 5.26 Å². The Bertz CT molecular complexity index is 1260. The monoisotopic (exact) mass is 412 g/mol. The van der Waals surface area contributed by atoms with Crippen molar-refractivity contribution in [2.24, 2.45) is 0 Å². The number of methoxy groups -OCH3 is 1. The molecule has 30 heavy (non-hydrogen) atoms. The maximum atomic E-state index is 9.75. The minimum absolute atomic E-state index is 0.512. The number of ether oxygens (including phenoxy) is 2. The second-order valence-electron chi connectivity index (χ2n) is 6.58. The number of nitriles is 1. The zero-order valence-electron chi connectivity index (χ0n) is 16.8. The van der Waals surface area contributed by atoms with Crippen LogP contribution in [0.4, 0.5) is 0 Å². The molecule has 0 radical (unpaired) electrons. The van der Waals surface area contributed by atoms with Gasteiger partial charge in [-0.05, 0) is 41.5 Å². The lowest BCUT2D eigenvalue weighted by Gasteiger charge is -2.09. The molecule has 0 saturated heterocycles. The highest BCUT2D eigenvalue weighted by Gasteiger charge is 2.12. The highest BCUT2D eigenvalue weighted by molar-refractivity contribution is 7.11. The average molecular weight is 413 g/mol. The average Bonchev–Trinajstić information content (AvgIpc) is 3.28. The van der Waals surface area contributed by atoms with Crippen LogP contribution in [0.2, 0.25) is 0 Å². The molecule has 0 aliphatic carbocycles. The summed E-state index contributed by atoms with van der Waals surface area (Å²) in [6.45, 7) is 2.49. The summed E-state index contributed by atoms with van der Waals surface area (Å²) in [6.07, 6.45) is 1.82. The van der Waals surface area contributed by atoms with E-state index in [0.29, 0.717) is 28.7 Å². The van der Waals surface area contributed by atoms with Crippen molar-refractivity contribution in [1.29, 1.82) is 5.26 Å². The Kier molecular flexibility index (Phi) is 5.78. The summed E-state index contributed by atoms with van der Waals surface area (Å²) in [6, 6.07) is 22.3. The van der Waals surface area contributed by atoms with E-state index in [1.54, 1.807) is 7.11 Å². The van der Waals surface area contributed by atoms with Crippen LogP contribution >= 0.6 is 11.3 Å². The number of fused-ring (bicyclic) bond motifs is 1. The van der Waals surface area contributed by atoms with Crippen molar-refractivity contribution in [2.45, 2.75) is 6.92 Å². The smallest absolute Gasteiger partial charge is 0.161 e. The van der Waals surface area contributed by atoms with Gasteiger partial charge in [-0.3, -0.25) is 0 Å². The van der Waals surface area contributed by atoms with E-state index in [1.807, 2.05) is 54.8 Å². The molecule has 1 aromatic heterocycles. The predicted molar refractivity (Wildman–Crippen MR) is 123 cm³/mol. The Morgan fingerprint density at radius 1 is 1.10 bits per heavy atom. The molecule has 0 N–H and O–H groups in total. The first-order valence-electron chi connectivity index (χ1n) is 9.60. The first kappa shape index (κ1) is 19.7. The summed E-state index contributed by atoms with van der Waals surface area (Å²) >= 11 is 1.47. The van der Waals surface area contributed by atoms with Crippen LogP contribution in [0.1, 0.15) is 17.5 Å². The number of nitrogens with zero attached hydrogens (tertiary/aromatic N) is 2. The van der Waals surface area contributed by atoms with E-state index in [2.05, 4.69) is 30.3 Å². The molecule has 4 aromatic rings. The third-order valence-electron chi connectivity index (χ3n) is 4.72. The van der Waals surface area contributed by atoms with Crippen molar-refractivity contribution in [1.82, 2.24) is 4.98 Å². The number of hydrogen-bond acceptors (Lipinski definition) is 5. The van der Waals surface area contributed by atoms with E-state index < -0.39 is 0 Å². The van der Waals surface area contributed by atoms with Gasteiger partial charge in [-0.15, -0.1) is 11.3 Å². The Morgan fingerprint density at radius 2 is 1.93 bits per heavy atom. The predicted octanol–water partition coefficient (Wildman–Crippen LogP) is 6.43. The van der Waals surface area contributed by atoms with E-state index in [0.717, 1.165) is 22.2 Å². The minimum Gasteiger partial charge on any atom is -0.493 e. The van der Waals surface area contributed by atoms with E-state index in [1.165, 1.54) is 16.7 Å². The molecule has 0 unspecified atom stereocenters. The molecule has 3 aromatic carbocycles. The summed E-state index contributed by atoms with van der Waals surface area (Å²) in [5.74, 6) is 1.32. The van der Waals surface area contributed by atoms with Crippen molar-refractivity contribution in [3.8, 4) is 28.8 Å². The third kappa shape index (κ3) is 3.91. The second kappa shape index (κ2) is 8.81. The maximum absolute atomic E-state index is 9.75. The lowest BCUT2D eigenvalue weighted by molar-refractivity contribution is 0.311. The third-order valence-corrected chi connectivity index (χ3v) is 5.59. The number of hydrogen-bond donors (Lipinski definition) is 0. The van der Waals surface area contributed by atoms with Crippen LogP contribution in [-0.2, 0) is 0 Å². The molecule has 1 heterocycles. The number of rotatable bonds is 6. The van der Waals surface area contributed by atoms with Crippen molar-refractivity contribution in [3.63, 3.8) is 0 Å². The summed E-state index contributed by atoms with van der Waals surface area (Å²) in [5, 5.41) is 14.8. The molecule has 0 aliphatic heterocycles. The Morgan fingerprint density at radius 3 is 2.73 bits per heavy atom. The summed E-state index contributed by atoms with van der Waals surface area (Å²) in [4.78, 5) is 4.76.